The Bertz CT molecular complexity index is 1490. The van der Waals surface area contributed by atoms with Crippen molar-refractivity contribution in [3.05, 3.63) is 91.8 Å². The maximum Gasteiger partial charge on any atom is 0.410 e. The molecule has 0 saturated heterocycles. The highest BCUT2D eigenvalue weighted by Crippen LogP contribution is 2.38. The molecule has 0 spiro atoms. The first-order valence-corrected chi connectivity index (χ1v) is 13.4. The van der Waals surface area contributed by atoms with Crippen molar-refractivity contribution in [3.8, 4) is 11.8 Å². The highest BCUT2D eigenvalue weighted by atomic mass is 35.5. The van der Waals surface area contributed by atoms with Gasteiger partial charge in [0.2, 0.25) is 5.28 Å². The molecule has 1 amide bonds. The third-order valence-electron chi connectivity index (χ3n) is 6.57. The van der Waals surface area contributed by atoms with E-state index in [-0.39, 0.29) is 53.7 Å². The molecule has 0 radical (unpaired) electrons. The first-order valence-electron chi connectivity index (χ1n) is 13.0. The number of halogens is 2. The molecule has 10 nitrogen and oxygen atoms in total. The summed E-state index contributed by atoms with van der Waals surface area (Å²) >= 11 is 6.30. The van der Waals surface area contributed by atoms with E-state index in [1.165, 1.54) is 35.2 Å². The monoisotopic (exact) mass is 581 g/mol. The predicted molar refractivity (Wildman–Crippen MR) is 148 cm³/mol. The zero-order valence-corrected chi connectivity index (χ0v) is 23.7. The number of hydrogen-bond donors (Lipinski definition) is 0. The normalized spacial score (nSPS) is 14.2. The van der Waals surface area contributed by atoms with Crippen molar-refractivity contribution in [2.75, 3.05) is 19.7 Å². The SMILES string of the molecule is CC(C)(C)OC(=O)N(CCOc1cc([N+](=O)[O-])ccc1C#N)CCc1nc(Cl)nc2c1CCC2c1ccc(F)cc1. The van der Waals surface area contributed by atoms with Gasteiger partial charge < -0.3 is 14.4 Å². The van der Waals surface area contributed by atoms with Gasteiger partial charge in [0.1, 0.15) is 29.8 Å². The molecule has 0 bridgehead atoms. The lowest BCUT2D eigenvalue weighted by atomic mass is 9.96. The quantitative estimate of drug-likeness (QED) is 0.171. The van der Waals surface area contributed by atoms with Gasteiger partial charge in [0.25, 0.3) is 5.69 Å². The molecule has 214 valence electrons. The third-order valence-corrected chi connectivity index (χ3v) is 6.74. The summed E-state index contributed by atoms with van der Waals surface area (Å²) in [5.41, 5.74) is 2.60. The van der Waals surface area contributed by atoms with Gasteiger partial charge in [-0.3, -0.25) is 10.1 Å². The minimum Gasteiger partial charge on any atom is -0.490 e. The molecule has 2 aromatic carbocycles. The second-order valence-electron chi connectivity index (χ2n) is 10.6. The minimum absolute atomic E-state index is 0.0373. The molecule has 1 aliphatic carbocycles. The fourth-order valence-corrected chi connectivity index (χ4v) is 4.89. The van der Waals surface area contributed by atoms with Gasteiger partial charge in [-0.1, -0.05) is 12.1 Å². The number of benzene rings is 2. The van der Waals surface area contributed by atoms with E-state index in [0.29, 0.717) is 18.5 Å². The van der Waals surface area contributed by atoms with Crippen molar-refractivity contribution >= 4 is 23.4 Å². The first-order chi connectivity index (χ1) is 19.4. The Kier molecular flexibility index (Phi) is 9.03. The fourth-order valence-electron chi connectivity index (χ4n) is 4.69. The first kappa shape index (κ1) is 29.7. The molecule has 1 unspecified atom stereocenters. The lowest BCUT2D eigenvalue weighted by molar-refractivity contribution is -0.384. The maximum absolute atomic E-state index is 13.5. The summed E-state index contributed by atoms with van der Waals surface area (Å²) in [7, 11) is 0. The summed E-state index contributed by atoms with van der Waals surface area (Å²) < 4.78 is 24.8. The lowest BCUT2D eigenvalue weighted by Crippen LogP contribution is -2.40. The zero-order chi connectivity index (χ0) is 29.7. The van der Waals surface area contributed by atoms with Crippen LogP contribution in [0.5, 0.6) is 5.75 Å². The van der Waals surface area contributed by atoms with Crippen LogP contribution < -0.4 is 4.74 Å². The topological polar surface area (TPSA) is 131 Å². The van der Waals surface area contributed by atoms with Crippen LogP contribution in [0, 0.1) is 27.3 Å². The molecule has 12 heteroatoms. The molecule has 0 saturated carbocycles. The van der Waals surface area contributed by atoms with Crippen LogP contribution >= 0.6 is 11.6 Å². The molecule has 0 aliphatic heterocycles. The summed E-state index contributed by atoms with van der Waals surface area (Å²) in [5.74, 6) is -0.295. The number of rotatable bonds is 9. The van der Waals surface area contributed by atoms with Gasteiger partial charge in [0, 0.05) is 24.9 Å². The van der Waals surface area contributed by atoms with Gasteiger partial charge in [-0.05, 0) is 74.5 Å². The zero-order valence-electron chi connectivity index (χ0n) is 22.9. The predicted octanol–water partition coefficient (Wildman–Crippen LogP) is 5.99. The molecule has 3 aromatic rings. The second-order valence-corrected chi connectivity index (χ2v) is 10.9. The van der Waals surface area contributed by atoms with Crippen molar-refractivity contribution in [3.63, 3.8) is 0 Å². The molecule has 1 heterocycles. The molecule has 1 atom stereocenters. The summed E-state index contributed by atoms with van der Waals surface area (Å²) in [6.45, 7) is 5.54. The van der Waals surface area contributed by atoms with E-state index in [1.54, 1.807) is 32.9 Å². The number of nitriles is 1. The Morgan fingerprint density at radius 2 is 1.95 bits per heavy atom. The summed E-state index contributed by atoms with van der Waals surface area (Å²) in [6.07, 6.45) is 1.28. The van der Waals surface area contributed by atoms with E-state index in [4.69, 9.17) is 21.1 Å². The van der Waals surface area contributed by atoms with E-state index in [2.05, 4.69) is 9.97 Å². The number of aromatic nitrogens is 2. The Hall–Kier alpha value is -4.30. The number of nitro groups is 1. The van der Waals surface area contributed by atoms with Gasteiger partial charge in [-0.2, -0.15) is 5.26 Å². The third kappa shape index (κ3) is 7.46. The molecular weight excluding hydrogens is 553 g/mol. The Morgan fingerprint density at radius 3 is 2.61 bits per heavy atom. The van der Waals surface area contributed by atoms with Crippen molar-refractivity contribution < 1.29 is 23.6 Å². The van der Waals surface area contributed by atoms with Gasteiger partial charge in [-0.15, -0.1) is 0 Å². The Morgan fingerprint density at radius 1 is 1.22 bits per heavy atom. The molecule has 0 fully saturated rings. The van der Waals surface area contributed by atoms with Gasteiger partial charge in [0.05, 0.1) is 34.5 Å². The fraction of sp³-hybridized carbons (Fsp3) is 0.379. The standard InChI is InChI=1S/C29H29ClFN5O5/c1-29(2,3)41-28(37)35(14-15-40-25-16-21(36(38)39)9-6-19(25)17-32)13-12-24-23-11-10-22(26(23)34-27(30)33-24)18-4-7-20(31)8-5-18/h4-9,16,22H,10-15H2,1-3H3. The van der Waals surface area contributed by atoms with Crippen LogP contribution in [0.25, 0.3) is 0 Å². The summed E-state index contributed by atoms with van der Waals surface area (Å²) in [6, 6.07) is 12.0. The number of ether oxygens (including phenoxy) is 2. The average Bonchev–Trinajstić information content (AvgIpc) is 3.33. The second kappa shape index (κ2) is 12.5. The van der Waals surface area contributed by atoms with Crippen LogP contribution in [0.3, 0.4) is 0 Å². The molecule has 1 aliphatic rings. The van der Waals surface area contributed by atoms with Crippen LogP contribution in [0.1, 0.15) is 61.2 Å². The van der Waals surface area contributed by atoms with Crippen molar-refractivity contribution in [2.24, 2.45) is 0 Å². The van der Waals surface area contributed by atoms with Gasteiger partial charge in [-0.25, -0.2) is 19.2 Å². The van der Waals surface area contributed by atoms with E-state index in [0.717, 1.165) is 23.2 Å². The van der Waals surface area contributed by atoms with Gasteiger partial charge in [0.15, 0.2) is 0 Å². The number of fused-ring (bicyclic) bond motifs is 1. The molecule has 1 aromatic heterocycles. The number of amides is 1. The van der Waals surface area contributed by atoms with E-state index in [9.17, 15) is 24.6 Å². The molecule has 41 heavy (non-hydrogen) atoms. The van der Waals surface area contributed by atoms with E-state index < -0.39 is 16.6 Å². The number of carbonyl (C=O) groups excluding carboxylic acids is 1. The number of non-ortho nitro benzene ring substituents is 1. The molecule has 0 N–H and O–H groups in total. The Labute approximate surface area is 241 Å². The van der Waals surface area contributed by atoms with E-state index in [1.807, 2.05) is 6.07 Å². The lowest BCUT2D eigenvalue weighted by Gasteiger charge is -2.27. The smallest absolute Gasteiger partial charge is 0.410 e. The maximum atomic E-state index is 13.5. The van der Waals surface area contributed by atoms with Crippen LogP contribution in [0.2, 0.25) is 5.28 Å². The van der Waals surface area contributed by atoms with Crippen LogP contribution in [-0.2, 0) is 17.6 Å². The number of carbonyl (C=O) groups is 1. The van der Waals surface area contributed by atoms with Crippen molar-refractivity contribution in [2.45, 2.75) is 51.6 Å². The highest BCUT2D eigenvalue weighted by Gasteiger charge is 2.30. The van der Waals surface area contributed by atoms with Crippen LogP contribution in [0.4, 0.5) is 14.9 Å². The van der Waals surface area contributed by atoms with Crippen LogP contribution in [-0.4, -0.2) is 51.2 Å². The van der Waals surface area contributed by atoms with E-state index >= 15 is 0 Å². The number of hydrogen-bond acceptors (Lipinski definition) is 8. The highest BCUT2D eigenvalue weighted by molar-refractivity contribution is 6.28. The number of nitro benzene ring substituents is 1. The molecular formula is C29H29ClFN5O5. The van der Waals surface area contributed by atoms with Crippen LogP contribution in [0.15, 0.2) is 42.5 Å². The Balaban J connectivity index is 1.51. The summed E-state index contributed by atoms with van der Waals surface area (Å²) in [4.78, 5) is 34.1. The largest absolute Gasteiger partial charge is 0.490 e. The number of nitrogens with zero attached hydrogens (tertiary/aromatic N) is 5. The van der Waals surface area contributed by atoms with Crippen molar-refractivity contribution in [1.82, 2.24) is 14.9 Å². The van der Waals surface area contributed by atoms with Gasteiger partial charge >= 0.3 is 6.09 Å². The summed E-state index contributed by atoms with van der Waals surface area (Å²) in [5, 5.41) is 20.6. The molecule has 4 rings (SSSR count). The minimum atomic E-state index is -0.744. The van der Waals surface area contributed by atoms with Crippen molar-refractivity contribution in [1.29, 1.82) is 5.26 Å². The average molecular weight is 582 g/mol.